The van der Waals surface area contributed by atoms with Crippen LogP contribution in [0.4, 0.5) is 0 Å². The zero-order valence-corrected chi connectivity index (χ0v) is 11.6. The number of rotatable bonds is 3. The van der Waals surface area contributed by atoms with E-state index in [1.54, 1.807) is 0 Å². The van der Waals surface area contributed by atoms with Gasteiger partial charge in [-0.05, 0) is 42.3 Å². The van der Waals surface area contributed by atoms with Crippen molar-refractivity contribution in [1.29, 1.82) is 0 Å². The molecule has 0 fully saturated rings. The molecule has 0 spiro atoms. The molecule has 2 aromatic carbocycles. The molecule has 2 rings (SSSR count). The average molecular weight is 242 g/mol. The maximum Gasteiger partial charge on any atom is 0.0129 e. The lowest BCUT2D eigenvalue weighted by molar-refractivity contribution is 0.912. The Morgan fingerprint density at radius 2 is 1.24 bits per heavy atom. The van der Waals surface area contributed by atoms with Gasteiger partial charge in [-0.1, -0.05) is 48.5 Å². The highest BCUT2D eigenvalue weighted by molar-refractivity contribution is 7.16. The minimum atomic E-state index is 0.488. The molecule has 0 aliphatic rings. The van der Waals surface area contributed by atoms with E-state index in [4.69, 9.17) is 0 Å². The van der Waals surface area contributed by atoms with Crippen molar-refractivity contribution in [2.45, 2.75) is 19.8 Å². The van der Waals surface area contributed by atoms with E-state index in [1.165, 1.54) is 22.3 Å². The predicted octanol–water partition coefficient (Wildman–Crippen LogP) is 4.31. The highest BCUT2D eigenvalue weighted by atomic mass is 31.0. The van der Waals surface area contributed by atoms with Gasteiger partial charge in [0.05, 0.1) is 0 Å². The molecule has 0 radical (unpaired) electrons. The van der Waals surface area contributed by atoms with Gasteiger partial charge in [-0.3, -0.25) is 0 Å². The Morgan fingerprint density at radius 3 is 1.59 bits per heavy atom. The van der Waals surface area contributed by atoms with Gasteiger partial charge in [0.1, 0.15) is 0 Å². The van der Waals surface area contributed by atoms with E-state index in [1.807, 2.05) is 0 Å². The number of benzene rings is 2. The first-order valence-corrected chi connectivity index (χ1v) is 6.87. The lowest BCUT2D eigenvalue weighted by atomic mass is 9.87. The zero-order valence-electron chi connectivity index (χ0n) is 10.5. The third kappa shape index (κ3) is 2.58. The molecule has 1 unspecified atom stereocenters. The molecular formula is C16H19P. The van der Waals surface area contributed by atoms with Gasteiger partial charge in [0.2, 0.25) is 0 Å². The number of hydrogen-bond acceptors (Lipinski definition) is 0. The summed E-state index contributed by atoms with van der Waals surface area (Å²) in [6.07, 6.45) is 1.07. The Morgan fingerprint density at radius 1 is 0.824 bits per heavy atom. The van der Waals surface area contributed by atoms with Crippen LogP contribution >= 0.6 is 9.24 Å². The summed E-state index contributed by atoms with van der Waals surface area (Å²) >= 11 is 0. The minimum Gasteiger partial charge on any atom is -0.137 e. The van der Waals surface area contributed by atoms with E-state index in [-0.39, 0.29) is 0 Å². The van der Waals surface area contributed by atoms with E-state index in [0.29, 0.717) is 5.92 Å². The van der Waals surface area contributed by atoms with Crippen LogP contribution in [0.2, 0.25) is 0 Å². The SMILES string of the molecule is Cc1ccccc1C(CP)c1ccccc1C. The van der Waals surface area contributed by atoms with Crippen molar-refractivity contribution in [2.24, 2.45) is 0 Å². The van der Waals surface area contributed by atoms with E-state index in [2.05, 4.69) is 71.6 Å². The Balaban J connectivity index is 2.48. The maximum absolute atomic E-state index is 2.89. The molecule has 2 aromatic rings. The Bertz CT molecular complexity index is 457. The summed E-state index contributed by atoms with van der Waals surface area (Å²) in [5.74, 6) is 0.488. The molecular weight excluding hydrogens is 223 g/mol. The molecule has 0 aliphatic carbocycles. The highest BCUT2D eigenvalue weighted by Crippen LogP contribution is 2.30. The third-order valence-corrected chi connectivity index (χ3v) is 3.83. The van der Waals surface area contributed by atoms with Gasteiger partial charge >= 0.3 is 0 Å². The topological polar surface area (TPSA) is 0 Å². The van der Waals surface area contributed by atoms with Crippen LogP contribution in [0, 0.1) is 13.8 Å². The average Bonchev–Trinajstić information content (AvgIpc) is 2.34. The molecule has 0 aromatic heterocycles. The highest BCUT2D eigenvalue weighted by Gasteiger charge is 2.15. The first-order valence-electron chi connectivity index (χ1n) is 6.05. The molecule has 0 aliphatic heterocycles. The molecule has 17 heavy (non-hydrogen) atoms. The van der Waals surface area contributed by atoms with Gasteiger partial charge in [0, 0.05) is 5.92 Å². The smallest absolute Gasteiger partial charge is 0.0129 e. The lowest BCUT2D eigenvalue weighted by Gasteiger charge is -2.20. The number of hydrogen-bond donors (Lipinski definition) is 0. The molecule has 0 nitrogen and oxygen atoms in total. The molecule has 0 saturated carbocycles. The standard InChI is InChI=1S/C16H19P/c1-12-7-3-5-9-14(12)16(11-17)15-10-6-4-8-13(15)2/h3-10,16H,11,17H2,1-2H3. The second kappa shape index (κ2) is 5.47. The lowest BCUT2D eigenvalue weighted by Crippen LogP contribution is -2.06. The number of aryl methyl sites for hydroxylation is 2. The van der Waals surface area contributed by atoms with Gasteiger partial charge in [-0.25, -0.2) is 0 Å². The molecule has 0 amide bonds. The summed E-state index contributed by atoms with van der Waals surface area (Å²) in [6, 6.07) is 17.4. The zero-order chi connectivity index (χ0) is 12.3. The molecule has 0 bridgehead atoms. The summed E-state index contributed by atoms with van der Waals surface area (Å²) in [7, 11) is 2.89. The minimum absolute atomic E-state index is 0.488. The molecule has 1 atom stereocenters. The van der Waals surface area contributed by atoms with Crippen molar-refractivity contribution in [1.82, 2.24) is 0 Å². The van der Waals surface area contributed by atoms with Crippen LogP contribution in [0.3, 0.4) is 0 Å². The van der Waals surface area contributed by atoms with Crippen molar-refractivity contribution >= 4 is 9.24 Å². The van der Waals surface area contributed by atoms with Crippen molar-refractivity contribution in [3.63, 3.8) is 0 Å². The Labute approximate surface area is 106 Å². The fourth-order valence-electron chi connectivity index (χ4n) is 2.38. The fourth-order valence-corrected chi connectivity index (χ4v) is 2.88. The normalized spacial score (nSPS) is 10.8. The first kappa shape index (κ1) is 12.3. The van der Waals surface area contributed by atoms with Crippen molar-refractivity contribution < 1.29 is 0 Å². The van der Waals surface area contributed by atoms with Crippen LogP contribution in [0.5, 0.6) is 0 Å². The molecule has 0 saturated heterocycles. The molecule has 0 heterocycles. The van der Waals surface area contributed by atoms with Crippen LogP contribution in [-0.4, -0.2) is 6.16 Å². The molecule has 1 heteroatoms. The van der Waals surface area contributed by atoms with Crippen LogP contribution in [0.15, 0.2) is 48.5 Å². The Kier molecular flexibility index (Phi) is 3.97. The van der Waals surface area contributed by atoms with Crippen molar-refractivity contribution in [3.8, 4) is 0 Å². The predicted molar refractivity (Wildman–Crippen MR) is 78.8 cm³/mol. The van der Waals surface area contributed by atoms with Gasteiger partial charge < -0.3 is 0 Å². The van der Waals surface area contributed by atoms with Crippen LogP contribution in [-0.2, 0) is 0 Å². The van der Waals surface area contributed by atoms with E-state index in [0.717, 1.165) is 6.16 Å². The summed E-state index contributed by atoms with van der Waals surface area (Å²) in [4.78, 5) is 0. The van der Waals surface area contributed by atoms with Gasteiger partial charge in [0.15, 0.2) is 0 Å². The largest absolute Gasteiger partial charge is 0.137 e. The monoisotopic (exact) mass is 242 g/mol. The van der Waals surface area contributed by atoms with Crippen molar-refractivity contribution in [3.05, 3.63) is 70.8 Å². The van der Waals surface area contributed by atoms with E-state index in [9.17, 15) is 0 Å². The summed E-state index contributed by atoms with van der Waals surface area (Å²) in [5, 5.41) is 0. The molecule has 88 valence electrons. The van der Waals surface area contributed by atoms with Crippen LogP contribution in [0.25, 0.3) is 0 Å². The maximum atomic E-state index is 2.89. The third-order valence-electron chi connectivity index (χ3n) is 3.36. The van der Waals surface area contributed by atoms with Gasteiger partial charge in [0.25, 0.3) is 0 Å². The molecule has 0 N–H and O–H groups in total. The van der Waals surface area contributed by atoms with Crippen molar-refractivity contribution in [2.75, 3.05) is 6.16 Å². The van der Waals surface area contributed by atoms with Crippen LogP contribution in [0.1, 0.15) is 28.2 Å². The second-order valence-electron chi connectivity index (χ2n) is 4.50. The fraction of sp³-hybridized carbons (Fsp3) is 0.250. The van der Waals surface area contributed by atoms with E-state index >= 15 is 0 Å². The van der Waals surface area contributed by atoms with E-state index < -0.39 is 0 Å². The van der Waals surface area contributed by atoms with Gasteiger partial charge in [-0.15, -0.1) is 9.24 Å². The summed E-state index contributed by atoms with van der Waals surface area (Å²) in [5.41, 5.74) is 5.64. The quantitative estimate of drug-likeness (QED) is 0.703. The summed E-state index contributed by atoms with van der Waals surface area (Å²) in [6.45, 7) is 4.39. The second-order valence-corrected chi connectivity index (χ2v) is 4.97. The first-order chi connectivity index (χ1) is 8.24. The Hall–Kier alpha value is -1.13. The summed E-state index contributed by atoms with van der Waals surface area (Å²) < 4.78 is 0. The van der Waals surface area contributed by atoms with Gasteiger partial charge in [-0.2, -0.15) is 0 Å². The van der Waals surface area contributed by atoms with Crippen LogP contribution < -0.4 is 0 Å².